The lowest BCUT2D eigenvalue weighted by molar-refractivity contribution is -0.302. The number of aliphatic hydroxyl groups is 5. The fraction of sp³-hybridized carbons (Fsp3) is 0.837. The number of carbonyl (C=O) groups is 1. The third kappa shape index (κ3) is 24.7. The van der Waals surface area contributed by atoms with E-state index in [1.165, 1.54) is 96.3 Å². The fourth-order valence-electron chi connectivity index (χ4n) is 6.48. The van der Waals surface area contributed by atoms with Crippen molar-refractivity contribution >= 4 is 5.91 Å². The van der Waals surface area contributed by atoms with Crippen molar-refractivity contribution in [1.29, 1.82) is 0 Å². The van der Waals surface area contributed by atoms with Crippen LogP contribution in [-0.2, 0) is 14.3 Å². The van der Waals surface area contributed by atoms with Crippen molar-refractivity contribution in [3.8, 4) is 0 Å². The predicted octanol–water partition coefficient (Wildman–Crippen LogP) is 8.11. The Hall–Kier alpha value is -1.59. The van der Waals surface area contributed by atoms with Crippen LogP contribution >= 0.6 is 0 Å². The van der Waals surface area contributed by atoms with Gasteiger partial charge < -0.3 is 40.3 Å². The van der Waals surface area contributed by atoms with Gasteiger partial charge in [0.05, 0.1) is 25.4 Å². The number of hydrogen-bond donors (Lipinski definition) is 6. The summed E-state index contributed by atoms with van der Waals surface area (Å²) in [6.07, 6.45) is 33.8. The van der Waals surface area contributed by atoms with E-state index in [-0.39, 0.29) is 12.5 Å². The standard InChI is InChI=1S/C43H79NO8/c1-3-5-7-9-11-12-13-14-15-16-17-18-19-20-21-22-23-24-25-26-27-28-30-32-37(46)36(44-39(47)33-31-29-10-8-6-4-2)35-51-43-42(50)41(49)40(48)38(34-45)52-43/h21-22,25-26,30,32,36-38,40-43,45-46,48-50H,3-20,23-24,27-29,31,33-35H2,1-2H3,(H,44,47)/b22-21+,26-25+,32-30+. The highest BCUT2D eigenvalue weighted by molar-refractivity contribution is 5.76. The molecule has 0 saturated carbocycles. The maximum atomic E-state index is 12.7. The van der Waals surface area contributed by atoms with E-state index >= 15 is 0 Å². The molecule has 0 aromatic carbocycles. The van der Waals surface area contributed by atoms with Crippen LogP contribution in [0.15, 0.2) is 36.5 Å². The number of carbonyl (C=O) groups excluding carboxylic acids is 1. The van der Waals surface area contributed by atoms with E-state index in [0.29, 0.717) is 6.42 Å². The Bertz CT molecular complexity index is 910. The molecule has 1 heterocycles. The summed E-state index contributed by atoms with van der Waals surface area (Å²) in [5.41, 5.74) is 0. The van der Waals surface area contributed by atoms with Gasteiger partial charge in [0, 0.05) is 6.42 Å². The van der Waals surface area contributed by atoms with E-state index < -0.39 is 49.5 Å². The molecule has 0 radical (unpaired) electrons. The van der Waals surface area contributed by atoms with Crippen LogP contribution in [0.25, 0.3) is 0 Å². The number of unbranched alkanes of at least 4 members (excludes halogenated alkanes) is 20. The third-order valence-electron chi connectivity index (χ3n) is 9.95. The van der Waals surface area contributed by atoms with Crippen LogP contribution in [0.5, 0.6) is 0 Å². The minimum atomic E-state index is -1.57. The maximum Gasteiger partial charge on any atom is 0.220 e. The monoisotopic (exact) mass is 738 g/mol. The zero-order valence-corrected chi connectivity index (χ0v) is 33.1. The van der Waals surface area contributed by atoms with Gasteiger partial charge in [-0.3, -0.25) is 4.79 Å². The number of aliphatic hydroxyl groups excluding tert-OH is 5. The molecule has 0 aromatic heterocycles. The van der Waals surface area contributed by atoms with E-state index in [1.54, 1.807) is 6.08 Å². The Balaban J connectivity index is 2.31. The molecule has 1 fully saturated rings. The van der Waals surface area contributed by atoms with Gasteiger partial charge in [-0.1, -0.05) is 159 Å². The quantitative estimate of drug-likeness (QED) is 0.0287. The van der Waals surface area contributed by atoms with Crippen LogP contribution in [0.4, 0.5) is 0 Å². The number of nitrogens with one attached hydrogen (secondary N) is 1. The topological polar surface area (TPSA) is 149 Å². The van der Waals surface area contributed by atoms with Gasteiger partial charge in [0.15, 0.2) is 6.29 Å². The van der Waals surface area contributed by atoms with Crippen molar-refractivity contribution in [3.63, 3.8) is 0 Å². The maximum absolute atomic E-state index is 12.7. The van der Waals surface area contributed by atoms with Gasteiger partial charge >= 0.3 is 0 Å². The van der Waals surface area contributed by atoms with Crippen LogP contribution in [0, 0.1) is 0 Å². The number of ether oxygens (including phenoxy) is 2. The molecule has 0 aromatic rings. The van der Waals surface area contributed by atoms with Crippen molar-refractivity contribution in [1.82, 2.24) is 5.32 Å². The van der Waals surface area contributed by atoms with Gasteiger partial charge in [0.2, 0.25) is 5.91 Å². The first-order chi connectivity index (χ1) is 25.3. The van der Waals surface area contributed by atoms with Gasteiger partial charge in [-0.25, -0.2) is 0 Å². The van der Waals surface area contributed by atoms with Gasteiger partial charge in [-0.05, 0) is 44.9 Å². The molecule has 9 heteroatoms. The molecular formula is C43H79NO8. The van der Waals surface area contributed by atoms with Crippen LogP contribution < -0.4 is 5.32 Å². The molecule has 7 atom stereocenters. The van der Waals surface area contributed by atoms with Crippen LogP contribution in [0.1, 0.15) is 174 Å². The summed E-state index contributed by atoms with van der Waals surface area (Å²) in [5.74, 6) is -0.202. The first-order valence-corrected chi connectivity index (χ1v) is 21.2. The molecule has 1 saturated heterocycles. The second kappa shape index (κ2) is 33.9. The molecule has 1 aliphatic rings. The summed E-state index contributed by atoms with van der Waals surface area (Å²) in [7, 11) is 0. The van der Waals surface area contributed by atoms with Crippen LogP contribution in [0.3, 0.4) is 0 Å². The van der Waals surface area contributed by atoms with E-state index in [1.807, 2.05) is 6.08 Å². The zero-order chi connectivity index (χ0) is 38.1. The van der Waals surface area contributed by atoms with Crippen LogP contribution in [0.2, 0.25) is 0 Å². The average molecular weight is 738 g/mol. The Morgan fingerprint density at radius 2 is 1.10 bits per heavy atom. The van der Waals surface area contributed by atoms with Crippen molar-refractivity contribution in [2.24, 2.45) is 0 Å². The Morgan fingerprint density at radius 3 is 1.62 bits per heavy atom. The number of rotatable bonds is 34. The summed E-state index contributed by atoms with van der Waals surface area (Å²) < 4.78 is 11.1. The van der Waals surface area contributed by atoms with E-state index in [0.717, 1.165) is 57.8 Å². The second-order valence-electron chi connectivity index (χ2n) is 14.8. The van der Waals surface area contributed by atoms with Crippen molar-refractivity contribution in [3.05, 3.63) is 36.5 Å². The molecule has 0 spiro atoms. The van der Waals surface area contributed by atoms with Crippen molar-refractivity contribution in [2.75, 3.05) is 13.2 Å². The molecule has 52 heavy (non-hydrogen) atoms. The zero-order valence-electron chi connectivity index (χ0n) is 33.1. The summed E-state index contributed by atoms with van der Waals surface area (Å²) in [6.45, 7) is 3.66. The first kappa shape index (κ1) is 48.4. The molecule has 9 nitrogen and oxygen atoms in total. The molecule has 6 N–H and O–H groups in total. The van der Waals surface area contributed by atoms with Gasteiger partial charge in [0.25, 0.3) is 0 Å². The summed E-state index contributed by atoms with van der Waals surface area (Å²) in [5, 5.41) is 53.8. The Morgan fingerprint density at radius 1 is 0.635 bits per heavy atom. The predicted molar refractivity (Wildman–Crippen MR) is 212 cm³/mol. The van der Waals surface area contributed by atoms with Crippen molar-refractivity contribution < 1.29 is 39.8 Å². The van der Waals surface area contributed by atoms with E-state index in [2.05, 4.69) is 43.5 Å². The van der Waals surface area contributed by atoms with Crippen LogP contribution in [-0.4, -0.2) is 87.5 Å². The highest BCUT2D eigenvalue weighted by atomic mass is 16.7. The SMILES string of the molecule is CCCCCCCCCCCCCCC/C=C/CC/C=C/CC/C=C/C(O)C(COC1OC(CO)C(O)C(O)C1O)NC(=O)CCCCCCCC. The minimum absolute atomic E-state index is 0.202. The first-order valence-electron chi connectivity index (χ1n) is 21.2. The molecule has 7 unspecified atom stereocenters. The molecule has 304 valence electrons. The van der Waals surface area contributed by atoms with Crippen molar-refractivity contribution in [2.45, 2.75) is 217 Å². The molecule has 0 bridgehead atoms. The minimum Gasteiger partial charge on any atom is -0.394 e. The smallest absolute Gasteiger partial charge is 0.220 e. The summed E-state index contributed by atoms with van der Waals surface area (Å²) in [4.78, 5) is 12.7. The highest BCUT2D eigenvalue weighted by Gasteiger charge is 2.44. The van der Waals surface area contributed by atoms with E-state index in [4.69, 9.17) is 9.47 Å². The summed E-state index contributed by atoms with van der Waals surface area (Å²) >= 11 is 0. The lowest BCUT2D eigenvalue weighted by Crippen LogP contribution is -2.60. The molecule has 1 rings (SSSR count). The number of amides is 1. The lowest BCUT2D eigenvalue weighted by Gasteiger charge is -2.40. The molecule has 1 aliphatic heterocycles. The second-order valence-corrected chi connectivity index (χ2v) is 14.8. The normalized spacial score (nSPS) is 22.2. The molecular weight excluding hydrogens is 658 g/mol. The van der Waals surface area contributed by atoms with E-state index in [9.17, 15) is 30.3 Å². The van der Waals surface area contributed by atoms with Gasteiger partial charge in [-0.2, -0.15) is 0 Å². The fourth-order valence-corrected chi connectivity index (χ4v) is 6.48. The molecule has 0 aliphatic carbocycles. The van der Waals surface area contributed by atoms with Gasteiger partial charge in [-0.15, -0.1) is 0 Å². The lowest BCUT2D eigenvalue weighted by atomic mass is 9.99. The molecule has 1 amide bonds. The van der Waals surface area contributed by atoms with Gasteiger partial charge in [0.1, 0.15) is 24.4 Å². The average Bonchev–Trinajstić information content (AvgIpc) is 3.14. The number of allylic oxidation sites excluding steroid dienone is 5. The largest absolute Gasteiger partial charge is 0.394 e. The Labute approximate surface area is 317 Å². The number of hydrogen-bond acceptors (Lipinski definition) is 8. The summed E-state index contributed by atoms with van der Waals surface area (Å²) in [6, 6.07) is -0.821. The highest BCUT2D eigenvalue weighted by Crippen LogP contribution is 2.22. The third-order valence-corrected chi connectivity index (χ3v) is 9.95. The Kier molecular flexibility index (Phi) is 31.6.